The normalized spacial score (nSPS) is 18.7. The number of rotatable bonds is 4. The molecule has 0 bridgehead atoms. The molecule has 3 rings (SSSR count). The fraction of sp³-hybridized carbons (Fsp3) is 0.375. The Morgan fingerprint density at radius 2 is 2.00 bits per heavy atom. The molecule has 2 heterocycles. The third-order valence-electron chi connectivity index (χ3n) is 3.80. The lowest BCUT2D eigenvalue weighted by Gasteiger charge is -2.33. The summed E-state index contributed by atoms with van der Waals surface area (Å²) in [7, 11) is 0. The molecule has 0 radical (unpaired) electrons. The number of nitrogens with zero attached hydrogens (tertiary/aromatic N) is 3. The fourth-order valence-electron chi connectivity index (χ4n) is 2.68. The molecule has 0 aliphatic carbocycles. The van der Waals surface area contributed by atoms with Crippen LogP contribution >= 0.6 is 11.6 Å². The van der Waals surface area contributed by atoms with Gasteiger partial charge in [-0.15, -0.1) is 0 Å². The molecule has 1 saturated heterocycles. The highest BCUT2D eigenvalue weighted by molar-refractivity contribution is 6.31. The molecule has 2 aromatic rings. The van der Waals surface area contributed by atoms with Gasteiger partial charge in [0.15, 0.2) is 0 Å². The summed E-state index contributed by atoms with van der Waals surface area (Å²) in [5.41, 5.74) is 1.15. The number of halogens is 1. The molecule has 110 valence electrons. The average Bonchev–Trinajstić information content (AvgIpc) is 2.55. The first-order valence-corrected chi connectivity index (χ1v) is 7.69. The maximum absolute atomic E-state index is 6.20. The number of anilines is 1. The predicted molar refractivity (Wildman–Crippen MR) is 85.6 cm³/mol. The minimum Gasteiger partial charge on any atom is -0.339 e. The summed E-state index contributed by atoms with van der Waals surface area (Å²) in [6.07, 6.45) is 5.92. The molecule has 1 aromatic carbocycles. The third-order valence-corrected chi connectivity index (χ3v) is 4.16. The van der Waals surface area contributed by atoms with Crippen molar-refractivity contribution in [3.05, 3.63) is 53.3 Å². The molecule has 1 aliphatic rings. The maximum atomic E-state index is 6.20. The van der Waals surface area contributed by atoms with E-state index in [2.05, 4.69) is 26.3 Å². The summed E-state index contributed by atoms with van der Waals surface area (Å²) in [5, 5.41) is 4.42. The van der Waals surface area contributed by atoms with Crippen LogP contribution in [0.15, 0.2) is 42.7 Å². The minimum atomic E-state index is 0.443. The van der Waals surface area contributed by atoms with E-state index in [0.717, 1.165) is 42.6 Å². The standard InChI is InChI=1S/C16H19ClN4/c17-15-7-2-1-5-13(15)11-20-14-6-3-10-21(12-14)16-18-8-4-9-19-16/h1-2,4-5,7-9,14,20H,3,6,10-12H2. The first-order chi connectivity index (χ1) is 10.3. The number of aromatic nitrogens is 2. The number of hydrogen-bond donors (Lipinski definition) is 1. The van der Waals surface area contributed by atoms with Crippen LogP contribution in [0.5, 0.6) is 0 Å². The zero-order valence-electron chi connectivity index (χ0n) is 11.9. The summed E-state index contributed by atoms with van der Waals surface area (Å²) < 4.78 is 0. The molecule has 1 unspecified atom stereocenters. The van der Waals surface area contributed by atoms with Gasteiger partial charge in [0.25, 0.3) is 0 Å². The summed E-state index contributed by atoms with van der Waals surface area (Å²) in [5.74, 6) is 0.821. The maximum Gasteiger partial charge on any atom is 0.225 e. The van der Waals surface area contributed by atoms with Crippen LogP contribution in [0.1, 0.15) is 18.4 Å². The Morgan fingerprint density at radius 1 is 1.19 bits per heavy atom. The highest BCUT2D eigenvalue weighted by Crippen LogP contribution is 2.18. The van der Waals surface area contributed by atoms with Crippen molar-refractivity contribution in [2.75, 3.05) is 18.0 Å². The average molecular weight is 303 g/mol. The van der Waals surface area contributed by atoms with Gasteiger partial charge in [0, 0.05) is 43.1 Å². The molecule has 1 fully saturated rings. The highest BCUT2D eigenvalue weighted by atomic mass is 35.5. The molecule has 0 amide bonds. The summed E-state index contributed by atoms with van der Waals surface area (Å²) in [4.78, 5) is 10.9. The van der Waals surface area contributed by atoms with Gasteiger partial charge in [-0.2, -0.15) is 0 Å². The molecule has 4 nitrogen and oxygen atoms in total. The van der Waals surface area contributed by atoms with Gasteiger partial charge in [-0.05, 0) is 30.5 Å². The smallest absolute Gasteiger partial charge is 0.225 e. The second kappa shape index (κ2) is 6.87. The van der Waals surface area contributed by atoms with Crippen LogP contribution in [0.25, 0.3) is 0 Å². The van der Waals surface area contributed by atoms with Gasteiger partial charge < -0.3 is 10.2 Å². The Morgan fingerprint density at radius 3 is 2.81 bits per heavy atom. The number of piperidine rings is 1. The van der Waals surface area contributed by atoms with Crippen molar-refractivity contribution >= 4 is 17.5 Å². The van der Waals surface area contributed by atoms with Gasteiger partial charge in [-0.3, -0.25) is 0 Å². The van der Waals surface area contributed by atoms with E-state index in [1.165, 1.54) is 6.42 Å². The predicted octanol–water partition coefficient (Wildman–Crippen LogP) is 2.89. The van der Waals surface area contributed by atoms with E-state index in [1.807, 2.05) is 24.3 Å². The molecular weight excluding hydrogens is 284 g/mol. The summed E-state index contributed by atoms with van der Waals surface area (Å²) in [6.45, 7) is 2.76. The molecule has 1 aromatic heterocycles. The van der Waals surface area contributed by atoms with Crippen molar-refractivity contribution in [1.29, 1.82) is 0 Å². The van der Waals surface area contributed by atoms with E-state index in [-0.39, 0.29) is 0 Å². The van der Waals surface area contributed by atoms with Crippen molar-refractivity contribution in [2.45, 2.75) is 25.4 Å². The molecule has 1 atom stereocenters. The first-order valence-electron chi connectivity index (χ1n) is 7.31. The fourth-order valence-corrected chi connectivity index (χ4v) is 2.88. The second-order valence-corrected chi connectivity index (χ2v) is 5.71. The van der Waals surface area contributed by atoms with Crippen LogP contribution in [0.2, 0.25) is 5.02 Å². The molecule has 5 heteroatoms. The van der Waals surface area contributed by atoms with Crippen molar-refractivity contribution < 1.29 is 0 Å². The monoisotopic (exact) mass is 302 g/mol. The van der Waals surface area contributed by atoms with Crippen LogP contribution in [0.3, 0.4) is 0 Å². The lowest BCUT2D eigenvalue weighted by atomic mass is 10.1. The molecule has 1 N–H and O–H groups in total. The van der Waals surface area contributed by atoms with Crippen LogP contribution in [0, 0.1) is 0 Å². The van der Waals surface area contributed by atoms with Crippen molar-refractivity contribution in [3.63, 3.8) is 0 Å². The number of benzene rings is 1. The molecular formula is C16H19ClN4. The van der Waals surface area contributed by atoms with Crippen molar-refractivity contribution in [1.82, 2.24) is 15.3 Å². The summed E-state index contributed by atoms with van der Waals surface area (Å²) >= 11 is 6.20. The lowest BCUT2D eigenvalue weighted by molar-refractivity contribution is 0.418. The minimum absolute atomic E-state index is 0.443. The zero-order valence-corrected chi connectivity index (χ0v) is 12.6. The van der Waals surface area contributed by atoms with E-state index in [4.69, 9.17) is 11.6 Å². The van der Waals surface area contributed by atoms with E-state index in [9.17, 15) is 0 Å². The molecule has 21 heavy (non-hydrogen) atoms. The van der Waals surface area contributed by atoms with Gasteiger partial charge >= 0.3 is 0 Å². The zero-order chi connectivity index (χ0) is 14.5. The van der Waals surface area contributed by atoms with E-state index >= 15 is 0 Å². The van der Waals surface area contributed by atoms with Gasteiger partial charge in [-0.1, -0.05) is 29.8 Å². The van der Waals surface area contributed by atoms with E-state index < -0.39 is 0 Å². The Hall–Kier alpha value is -1.65. The molecule has 1 aliphatic heterocycles. The quantitative estimate of drug-likeness (QED) is 0.943. The highest BCUT2D eigenvalue weighted by Gasteiger charge is 2.21. The Kier molecular flexibility index (Phi) is 4.68. The van der Waals surface area contributed by atoms with E-state index in [0.29, 0.717) is 6.04 Å². The molecule has 0 spiro atoms. The Labute approximate surface area is 130 Å². The topological polar surface area (TPSA) is 41.0 Å². The largest absolute Gasteiger partial charge is 0.339 e. The molecule has 0 saturated carbocycles. The van der Waals surface area contributed by atoms with E-state index in [1.54, 1.807) is 12.4 Å². The van der Waals surface area contributed by atoms with Gasteiger partial charge in [0.1, 0.15) is 0 Å². The summed E-state index contributed by atoms with van der Waals surface area (Å²) in [6, 6.07) is 10.3. The number of hydrogen-bond acceptors (Lipinski definition) is 4. The van der Waals surface area contributed by atoms with Crippen LogP contribution in [-0.4, -0.2) is 29.1 Å². The van der Waals surface area contributed by atoms with Gasteiger partial charge in [0.05, 0.1) is 0 Å². The van der Waals surface area contributed by atoms with Crippen LogP contribution in [-0.2, 0) is 6.54 Å². The van der Waals surface area contributed by atoms with Crippen molar-refractivity contribution in [2.24, 2.45) is 0 Å². The van der Waals surface area contributed by atoms with Gasteiger partial charge in [-0.25, -0.2) is 9.97 Å². The second-order valence-electron chi connectivity index (χ2n) is 5.31. The SMILES string of the molecule is Clc1ccccc1CNC1CCCN(c2ncccn2)C1. The Balaban J connectivity index is 1.58. The lowest BCUT2D eigenvalue weighted by Crippen LogP contribution is -2.46. The van der Waals surface area contributed by atoms with Crippen molar-refractivity contribution in [3.8, 4) is 0 Å². The third kappa shape index (κ3) is 3.71. The van der Waals surface area contributed by atoms with Gasteiger partial charge in [0.2, 0.25) is 5.95 Å². The van der Waals surface area contributed by atoms with Crippen LogP contribution in [0.4, 0.5) is 5.95 Å². The van der Waals surface area contributed by atoms with Crippen LogP contribution < -0.4 is 10.2 Å². The number of nitrogens with one attached hydrogen (secondary N) is 1. The Bertz CT molecular complexity index is 575. The first kappa shape index (κ1) is 14.3.